The third kappa shape index (κ3) is 22.8. The van der Waals surface area contributed by atoms with Gasteiger partial charge in [0.25, 0.3) is 0 Å². The second-order valence-electron chi connectivity index (χ2n) is 30.8. The molecule has 0 radical (unpaired) electrons. The minimum Gasteiger partial charge on any atom is -0.370 e. The number of aromatic nitrogens is 3. The van der Waals surface area contributed by atoms with Gasteiger partial charge in [0.2, 0.25) is 100 Å². The highest BCUT2D eigenvalue weighted by molar-refractivity contribution is 6.01. The van der Waals surface area contributed by atoms with Gasteiger partial charge in [-0.3, -0.25) is 86.9 Å². The second kappa shape index (κ2) is 41.4. The molecule has 5 aromatic rings. The molecule has 3 aromatic carbocycles. The molecule has 8 heterocycles. The van der Waals surface area contributed by atoms with E-state index in [1.54, 1.807) is 6.20 Å². The topological polar surface area (TPSA) is 562 Å². The number of aromatic amines is 2. The van der Waals surface area contributed by atoms with E-state index in [-0.39, 0.29) is 116 Å². The Balaban J connectivity index is 0.662. The van der Waals surface area contributed by atoms with Gasteiger partial charge in [-0.05, 0) is 118 Å². The quantitative estimate of drug-likeness (QED) is 0.0102. The van der Waals surface area contributed by atoms with Crippen LogP contribution in [-0.4, -0.2) is 296 Å². The van der Waals surface area contributed by atoms with Gasteiger partial charge < -0.3 is 109 Å². The summed E-state index contributed by atoms with van der Waals surface area (Å²) < 4.78 is 0. The highest BCUT2D eigenvalue weighted by Gasteiger charge is 2.44. The molecule has 0 saturated carbocycles. The van der Waals surface area contributed by atoms with Gasteiger partial charge in [-0.2, -0.15) is 0 Å². The largest absolute Gasteiger partial charge is 0.370 e. The third-order valence-corrected chi connectivity index (χ3v) is 22.6. The zero-order valence-electron chi connectivity index (χ0n) is 66.8. The fourth-order valence-electron chi connectivity index (χ4n) is 16.6. The first-order valence-corrected chi connectivity index (χ1v) is 40.7. The van der Waals surface area contributed by atoms with Crippen LogP contribution in [0.15, 0.2) is 85.5 Å². The average molecular weight is 1660 g/mol. The molecule has 120 heavy (non-hydrogen) atoms. The number of H-pyrrole nitrogens is 2. The van der Waals surface area contributed by atoms with Gasteiger partial charge in [0, 0.05) is 101 Å². The maximum Gasteiger partial charge on any atom is 0.246 e. The molecule has 11 rings (SSSR count). The van der Waals surface area contributed by atoms with Gasteiger partial charge in [0.15, 0.2) is 5.96 Å². The molecule has 0 bridgehead atoms. The summed E-state index contributed by atoms with van der Waals surface area (Å²) in [5, 5.41) is 39.6. The second-order valence-corrected chi connectivity index (χ2v) is 30.8. The van der Waals surface area contributed by atoms with E-state index in [2.05, 4.69) is 73.4 Å². The summed E-state index contributed by atoms with van der Waals surface area (Å²) in [6, 6.07) is 9.14. The Bertz CT molecular complexity index is 4690. The van der Waals surface area contributed by atoms with Gasteiger partial charge in [-0.15, -0.1) is 0 Å². The van der Waals surface area contributed by atoms with Gasteiger partial charge in [0.05, 0.1) is 45.6 Å². The van der Waals surface area contributed by atoms with Crippen molar-refractivity contribution in [2.24, 2.45) is 11.5 Å². The summed E-state index contributed by atoms with van der Waals surface area (Å²) in [6.07, 6.45) is 8.60. The van der Waals surface area contributed by atoms with Gasteiger partial charge in [0.1, 0.15) is 60.4 Å². The van der Waals surface area contributed by atoms with Gasteiger partial charge in [-0.1, -0.05) is 60.7 Å². The number of nitrogens with two attached hydrogens (primary N) is 2. The molecule has 17 amide bonds. The van der Waals surface area contributed by atoms with E-state index in [1.165, 1.54) is 48.8 Å². The van der Waals surface area contributed by atoms with Crippen molar-refractivity contribution < 1.29 is 81.5 Å². The first kappa shape index (κ1) is 87.8. The first-order valence-electron chi connectivity index (χ1n) is 40.7. The Morgan fingerprint density at radius 3 is 1.28 bits per heavy atom. The number of fused-ring (bicyclic) bond motifs is 2. The molecule has 0 aliphatic carbocycles. The molecule has 6 aliphatic rings. The molecule has 6 aliphatic heterocycles. The highest BCUT2D eigenvalue weighted by Crippen LogP contribution is 2.27. The maximum absolute atomic E-state index is 15.3. The normalized spacial score (nSPS) is 19.8. The number of imidazole rings is 1. The smallest absolute Gasteiger partial charge is 0.246 e. The minimum atomic E-state index is -1.40. The number of hydrogen-bond acceptors (Lipinski definition) is 19. The maximum atomic E-state index is 15.3. The van der Waals surface area contributed by atoms with Crippen molar-refractivity contribution in [1.29, 1.82) is 5.41 Å². The van der Waals surface area contributed by atoms with E-state index < -0.39 is 200 Å². The van der Waals surface area contributed by atoms with Crippen molar-refractivity contribution in [3.63, 3.8) is 0 Å². The predicted octanol–water partition coefficient (Wildman–Crippen LogP) is -4.58. The Morgan fingerprint density at radius 1 is 0.442 bits per heavy atom. The van der Waals surface area contributed by atoms with Crippen molar-refractivity contribution in [3.05, 3.63) is 102 Å². The van der Waals surface area contributed by atoms with Crippen LogP contribution in [-0.2, 0) is 101 Å². The fourth-order valence-corrected chi connectivity index (χ4v) is 16.6. The zero-order chi connectivity index (χ0) is 85.7. The summed E-state index contributed by atoms with van der Waals surface area (Å²) >= 11 is 0. The summed E-state index contributed by atoms with van der Waals surface area (Å²) in [4.78, 5) is 251. The summed E-state index contributed by atoms with van der Waals surface area (Å²) in [7, 11) is 0. The van der Waals surface area contributed by atoms with Crippen LogP contribution < -0.4 is 70.0 Å². The molecular formula is C80H105N23O17. The Labute approximate surface area is 690 Å². The van der Waals surface area contributed by atoms with Crippen LogP contribution in [0, 0.1) is 5.41 Å². The number of para-hydroxylation sites is 1. The number of rotatable bonds is 36. The van der Waals surface area contributed by atoms with Crippen LogP contribution in [0.25, 0.3) is 21.7 Å². The molecule has 642 valence electrons. The fraction of sp³-hybridized carbons (Fsp3) is 0.512. The predicted molar refractivity (Wildman–Crippen MR) is 430 cm³/mol. The summed E-state index contributed by atoms with van der Waals surface area (Å²) in [5.74, 6) is -11.3. The van der Waals surface area contributed by atoms with E-state index in [9.17, 15) is 71.9 Å². The number of nitrogens with zero attached hydrogens (tertiary/aromatic N) is 7. The lowest BCUT2D eigenvalue weighted by molar-refractivity contribution is -0.143. The van der Waals surface area contributed by atoms with Crippen LogP contribution >= 0.6 is 0 Å². The number of guanidine groups is 1. The molecule has 6 saturated heterocycles. The zero-order valence-corrected chi connectivity index (χ0v) is 66.8. The van der Waals surface area contributed by atoms with Gasteiger partial charge in [-0.25, -0.2) is 4.98 Å². The molecule has 10 atom stereocenters. The van der Waals surface area contributed by atoms with Crippen molar-refractivity contribution in [1.82, 2.24) is 103 Å². The van der Waals surface area contributed by atoms with Crippen LogP contribution in [0.1, 0.15) is 114 Å². The number of carbonyl (C=O) groups excluding carboxylic acids is 17. The SMILES string of the molecule is CC(=O)N[C@@H](Cc1cnc[nH]1)C(=O)N[C@H](Cc1ccc2ccccc2c1)C(=O)N[C@@H](CCCNC(=N)N)C(=O)N[C@@H](Cc1c[nH]c2ccccc12)C(=O)N1CCC[C@H]1C(=O)NCC(=O)N1CCC[C@H]1C(=O)NCC(=O)N1CCC[C@H]1C(=O)NCC(=O)N1CCC[C@H]1C(=O)NCC(=O)N1CCC[C@H]1C(=O)NCC(=O)N1CCC[C@H]1C(=O)NCC(N)=O. The van der Waals surface area contributed by atoms with E-state index >= 15 is 9.59 Å². The lowest BCUT2D eigenvalue weighted by Gasteiger charge is -2.30. The van der Waals surface area contributed by atoms with Crippen LogP contribution in [0.5, 0.6) is 0 Å². The van der Waals surface area contributed by atoms with Gasteiger partial charge >= 0.3 is 0 Å². The van der Waals surface area contributed by atoms with E-state index in [0.717, 1.165) is 21.7 Å². The number of benzene rings is 3. The average Bonchev–Trinajstić information content (AvgIpc) is 1.70. The summed E-state index contributed by atoms with van der Waals surface area (Å²) in [5.41, 5.74) is 13.3. The van der Waals surface area contributed by atoms with E-state index in [0.29, 0.717) is 61.8 Å². The first-order chi connectivity index (χ1) is 57.7. The lowest BCUT2D eigenvalue weighted by Crippen LogP contribution is -2.60. The van der Waals surface area contributed by atoms with E-state index in [1.807, 2.05) is 66.7 Å². The number of hydrogen-bond donors (Lipinski definition) is 16. The summed E-state index contributed by atoms with van der Waals surface area (Å²) in [6.45, 7) is -0.685. The third-order valence-electron chi connectivity index (χ3n) is 22.6. The number of nitrogens with one attached hydrogen (secondary N) is 14. The number of primary amides is 1. The standard InChI is InChI=1S/C80H105N23O17/c1-46(104)94-56(36-51-38-84-45-93-51)72(113)96-55(34-47-24-25-48-13-2-3-14-49(48)33-47)71(112)95-54(17-6-26-85-80(82)83)70(111)97-57(35-50-37-86-53-16-5-4-15-52(50)53)79(120)103-32-12-23-63(103)78(119)92-44-69(110)102-31-11-22-62(102)77(118)91-43-68(109)101-30-10-21-61(101)76(117)90-42-67(108)100-29-9-20-60(100)75(116)89-41-66(107)99-28-8-19-59(99)74(115)88-40-65(106)98-27-7-18-58(98)73(114)87-39-64(81)105/h2-5,13-16,24-25,33,37-38,45,54-63,86H,6-12,17-23,26-32,34-36,39-44H2,1H3,(H2,81,105)(H,84,93)(H,87,114)(H,88,115)(H,89,116)(H,90,117)(H,91,118)(H,92,119)(H,94,104)(H,95,112)(H,96,113)(H,97,111)(H4,82,83,85)/t54-,55+,56-,57-,58-,59-,60-,61-,62-,63-/m0/s1. The molecule has 18 N–H and O–H groups in total. The molecule has 40 nitrogen and oxygen atoms in total. The lowest BCUT2D eigenvalue weighted by atomic mass is 9.99. The Kier molecular flexibility index (Phi) is 30.2. The van der Waals surface area contributed by atoms with Crippen molar-refractivity contribution in [2.75, 3.05) is 85.1 Å². The van der Waals surface area contributed by atoms with Crippen LogP contribution in [0.4, 0.5) is 0 Å². The molecule has 40 heteroatoms. The molecule has 2 aromatic heterocycles. The number of amides is 17. The van der Waals surface area contributed by atoms with Crippen molar-refractivity contribution in [3.8, 4) is 0 Å². The van der Waals surface area contributed by atoms with Crippen LogP contribution in [0.2, 0.25) is 0 Å². The Hall–Kier alpha value is -13.1. The molecular weight excluding hydrogens is 1560 g/mol. The molecule has 0 spiro atoms. The molecule has 6 fully saturated rings. The Morgan fingerprint density at radius 2 is 0.842 bits per heavy atom. The number of likely N-dealkylation sites (tertiary alicyclic amines) is 6. The number of carbonyl (C=O) groups is 17. The van der Waals surface area contributed by atoms with E-state index in [4.69, 9.17) is 16.9 Å². The van der Waals surface area contributed by atoms with Crippen molar-refractivity contribution in [2.45, 2.75) is 176 Å². The van der Waals surface area contributed by atoms with Crippen LogP contribution in [0.3, 0.4) is 0 Å². The minimum absolute atomic E-state index is 0.0143. The monoisotopic (exact) mass is 1660 g/mol. The van der Waals surface area contributed by atoms with Crippen molar-refractivity contribution >= 4 is 128 Å². The molecule has 0 unspecified atom stereocenters. The highest BCUT2D eigenvalue weighted by atomic mass is 16.2.